The van der Waals surface area contributed by atoms with Gasteiger partial charge in [0.05, 0.1) is 32.5 Å². The molecule has 0 aliphatic carbocycles. The van der Waals surface area contributed by atoms with Crippen molar-refractivity contribution in [2.24, 2.45) is 0 Å². The Balaban J connectivity index is 1.25. The van der Waals surface area contributed by atoms with Crippen molar-refractivity contribution in [3.63, 3.8) is 0 Å². The Hall–Kier alpha value is -1.00. The first-order chi connectivity index (χ1) is 25.9. The fourth-order valence-corrected chi connectivity index (χ4v) is 6.84. The van der Waals surface area contributed by atoms with Crippen molar-refractivity contribution in [1.82, 2.24) is 0 Å². The van der Waals surface area contributed by atoms with E-state index in [1.54, 1.807) is 0 Å². The van der Waals surface area contributed by atoms with Gasteiger partial charge < -0.3 is 124 Å². The summed E-state index contributed by atoms with van der Waals surface area (Å²) in [6.07, 6.45) is -44.3. The van der Waals surface area contributed by atoms with Crippen LogP contribution < -0.4 is 0 Å². The van der Waals surface area contributed by atoms with Gasteiger partial charge in [-0.15, -0.1) is 0 Å². The lowest BCUT2D eigenvalue weighted by molar-refractivity contribution is -0.388. The molecule has 16 N–H and O–H groups in total. The maximum atomic E-state index is 11.0. The molecule has 5 aliphatic rings. The van der Waals surface area contributed by atoms with Gasteiger partial charge >= 0.3 is 0 Å². The molecule has 0 radical (unpaired) electrons. The molecular weight excluding hydrogens is 760 g/mol. The van der Waals surface area contributed by atoms with Crippen LogP contribution in [-0.4, -0.2) is 262 Å². The van der Waals surface area contributed by atoms with E-state index in [1.807, 2.05) is 0 Å². The molecule has 0 amide bonds. The zero-order valence-electron chi connectivity index (χ0n) is 29.1. The third-order valence-electron chi connectivity index (χ3n) is 10.3. The molecule has 0 spiro atoms. The average Bonchev–Trinajstić information content (AvgIpc) is 3.16. The summed E-state index contributed by atoms with van der Waals surface area (Å²) in [5.74, 6) is 0. The van der Waals surface area contributed by atoms with E-state index in [-0.39, 0.29) is 0 Å². The second kappa shape index (κ2) is 18.9. The van der Waals surface area contributed by atoms with Crippen molar-refractivity contribution >= 4 is 0 Å². The third kappa shape index (κ3) is 9.26. The van der Waals surface area contributed by atoms with Crippen molar-refractivity contribution in [3.05, 3.63) is 0 Å². The standard InChI is InChI=1S/C30H52O25/c1-6-11(34)24(25(26(46)48-6)55-29-20(43)16(39)13(36)8(3-32)50-29)54-30-21(44)17(40)14(37)10(52-30)5-47-27-22(45)18(41)23(9(4-33)51-27)53-28-19(42)15(38)12(35)7(2-31)49-28/h6-46H,2-5H2,1H3/t6-,7-,8-,9-,10-,11+,12-,13-,14-,15+,16+,17+,18-,19-,20-,21-,22-,23-,24+,25-,26-,27-,28+,29+,30+/m1/s1. The summed E-state index contributed by atoms with van der Waals surface area (Å²) < 4.78 is 49.4. The first-order valence-electron chi connectivity index (χ1n) is 17.5. The van der Waals surface area contributed by atoms with Gasteiger partial charge in [-0.25, -0.2) is 0 Å². The van der Waals surface area contributed by atoms with E-state index in [0.717, 1.165) is 0 Å². The Bertz CT molecular complexity index is 1190. The van der Waals surface area contributed by atoms with E-state index in [2.05, 4.69) is 0 Å². The second-order valence-corrected chi connectivity index (χ2v) is 14.0. The molecule has 0 aromatic carbocycles. The van der Waals surface area contributed by atoms with Gasteiger partial charge in [0.25, 0.3) is 0 Å². The Morgan fingerprint density at radius 1 is 0.364 bits per heavy atom. The quantitative estimate of drug-likeness (QED) is 0.0870. The second-order valence-electron chi connectivity index (χ2n) is 14.0. The molecule has 25 heteroatoms. The fourth-order valence-electron chi connectivity index (χ4n) is 6.84. The average molecular weight is 813 g/mol. The molecule has 322 valence electrons. The Labute approximate surface area is 311 Å². The van der Waals surface area contributed by atoms with Gasteiger partial charge in [0.15, 0.2) is 31.5 Å². The van der Waals surface area contributed by atoms with Crippen LogP contribution in [0.25, 0.3) is 0 Å². The van der Waals surface area contributed by atoms with E-state index in [0.29, 0.717) is 0 Å². The highest BCUT2D eigenvalue weighted by atomic mass is 16.8. The molecule has 0 bridgehead atoms. The van der Waals surface area contributed by atoms with Gasteiger partial charge in [-0.1, -0.05) is 0 Å². The van der Waals surface area contributed by atoms with Crippen LogP contribution in [0.15, 0.2) is 0 Å². The van der Waals surface area contributed by atoms with E-state index >= 15 is 0 Å². The number of aliphatic hydroxyl groups is 16. The molecule has 5 heterocycles. The van der Waals surface area contributed by atoms with Gasteiger partial charge in [0.1, 0.15) is 116 Å². The molecule has 0 saturated carbocycles. The molecule has 5 aliphatic heterocycles. The maximum Gasteiger partial charge on any atom is 0.187 e. The largest absolute Gasteiger partial charge is 0.394 e. The highest BCUT2D eigenvalue weighted by molar-refractivity contribution is 4.97. The summed E-state index contributed by atoms with van der Waals surface area (Å²) in [5, 5.41) is 166. The maximum absolute atomic E-state index is 11.0. The van der Waals surface area contributed by atoms with Crippen LogP contribution in [0.5, 0.6) is 0 Å². The van der Waals surface area contributed by atoms with Crippen molar-refractivity contribution in [3.8, 4) is 0 Å². The number of ether oxygens (including phenoxy) is 9. The van der Waals surface area contributed by atoms with Crippen LogP contribution in [-0.2, 0) is 42.6 Å². The molecule has 5 saturated heterocycles. The highest BCUT2D eigenvalue weighted by Gasteiger charge is 2.55. The topological polar surface area (TPSA) is 407 Å². The van der Waals surface area contributed by atoms with E-state index in [4.69, 9.17) is 42.6 Å². The minimum absolute atomic E-state index is 0.782. The van der Waals surface area contributed by atoms with Crippen LogP contribution in [0.1, 0.15) is 6.92 Å². The Morgan fingerprint density at radius 3 is 1.22 bits per heavy atom. The summed E-state index contributed by atoms with van der Waals surface area (Å²) in [7, 11) is 0. The number of aliphatic hydroxyl groups excluding tert-OH is 16. The van der Waals surface area contributed by atoms with E-state index < -0.39 is 180 Å². The van der Waals surface area contributed by atoms with Crippen molar-refractivity contribution in [2.45, 2.75) is 160 Å². The van der Waals surface area contributed by atoms with Crippen LogP contribution >= 0.6 is 0 Å². The molecule has 5 fully saturated rings. The van der Waals surface area contributed by atoms with Gasteiger partial charge in [0, 0.05) is 0 Å². The SMILES string of the molecule is C[C@H]1O[C@@H](O)[C@H](O[C@@H]2O[C@H](CO)[C@@H](O)[C@H](O)[C@H]2O)[C@@H](O[C@@H]2O[C@H](CO[C@@H]3O[C@H](CO)[C@@H](O[C@@H]4O[C@H](CO)[C@@H](O)[C@H](O)[C@H]4O)[C@H](O)[C@H]3O)[C@@H](O)[C@H](O)[C@H]2O)[C@H]1O. The van der Waals surface area contributed by atoms with Gasteiger partial charge in [-0.05, 0) is 6.92 Å². The first kappa shape index (κ1) is 45.1. The van der Waals surface area contributed by atoms with Crippen LogP contribution in [0.3, 0.4) is 0 Å². The smallest absolute Gasteiger partial charge is 0.187 e. The van der Waals surface area contributed by atoms with Crippen molar-refractivity contribution in [2.75, 3.05) is 26.4 Å². The lowest BCUT2D eigenvalue weighted by Crippen LogP contribution is -2.66. The van der Waals surface area contributed by atoms with Crippen molar-refractivity contribution in [1.29, 1.82) is 0 Å². The van der Waals surface area contributed by atoms with Crippen LogP contribution in [0, 0.1) is 0 Å². The predicted octanol–water partition coefficient (Wildman–Crippen LogP) is -10.9. The van der Waals surface area contributed by atoms with Crippen molar-refractivity contribution < 1.29 is 124 Å². The zero-order chi connectivity index (χ0) is 40.6. The minimum Gasteiger partial charge on any atom is -0.394 e. The lowest BCUT2D eigenvalue weighted by atomic mass is 9.96. The molecule has 0 aromatic rings. The fraction of sp³-hybridized carbons (Fsp3) is 1.00. The van der Waals surface area contributed by atoms with Gasteiger partial charge in [-0.3, -0.25) is 0 Å². The molecule has 5 rings (SSSR count). The number of hydrogen-bond acceptors (Lipinski definition) is 25. The summed E-state index contributed by atoms with van der Waals surface area (Å²) in [6, 6.07) is 0. The number of hydrogen-bond donors (Lipinski definition) is 16. The Morgan fingerprint density at radius 2 is 0.745 bits per heavy atom. The third-order valence-corrected chi connectivity index (χ3v) is 10.3. The molecule has 55 heavy (non-hydrogen) atoms. The first-order valence-corrected chi connectivity index (χ1v) is 17.5. The number of rotatable bonds is 12. The van der Waals surface area contributed by atoms with Gasteiger partial charge in [-0.2, -0.15) is 0 Å². The van der Waals surface area contributed by atoms with Gasteiger partial charge in [0.2, 0.25) is 0 Å². The summed E-state index contributed by atoms with van der Waals surface area (Å²) in [6.45, 7) is -1.96. The van der Waals surface area contributed by atoms with Crippen LogP contribution in [0.4, 0.5) is 0 Å². The molecule has 0 aromatic heterocycles. The summed E-state index contributed by atoms with van der Waals surface area (Å²) in [5.41, 5.74) is 0. The molecule has 0 unspecified atom stereocenters. The van der Waals surface area contributed by atoms with Crippen LogP contribution in [0.2, 0.25) is 0 Å². The summed E-state index contributed by atoms with van der Waals surface area (Å²) in [4.78, 5) is 0. The molecular formula is C30H52O25. The lowest BCUT2D eigenvalue weighted by Gasteiger charge is -2.48. The highest BCUT2D eigenvalue weighted by Crippen LogP contribution is 2.34. The zero-order valence-corrected chi connectivity index (χ0v) is 29.1. The molecule has 25 nitrogen and oxygen atoms in total. The van der Waals surface area contributed by atoms with E-state index in [9.17, 15) is 81.7 Å². The van der Waals surface area contributed by atoms with E-state index in [1.165, 1.54) is 6.92 Å². The predicted molar refractivity (Wildman–Crippen MR) is 165 cm³/mol. The normalized spacial score (nSPS) is 53.9. The molecule has 25 atom stereocenters. The minimum atomic E-state index is -2.04. The Kier molecular flexibility index (Phi) is 15.5. The summed E-state index contributed by atoms with van der Waals surface area (Å²) >= 11 is 0. The monoisotopic (exact) mass is 812 g/mol.